The van der Waals surface area contributed by atoms with E-state index in [2.05, 4.69) is 0 Å². The number of morpholine rings is 1. The predicted octanol–water partition coefficient (Wildman–Crippen LogP) is 1.80. The van der Waals surface area contributed by atoms with E-state index in [1.807, 2.05) is 20.8 Å². The molecule has 0 unspecified atom stereocenters. The van der Waals surface area contributed by atoms with Crippen LogP contribution >= 0.6 is 0 Å². The van der Waals surface area contributed by atoms with E-state index in [1.54, 1.807) is 29.2 Å². The van der Waals surface area contributed by atoms with Crippen molar-refractivity contribution in [2.75, 3.05) is 25.5 Å². The molecule has 122 valence electrons. The Bertz CT molecular complexity index is 635. The van der Waals surface area contributed by atoms with Gasteiger partial charge in [0.25, 0.3) is 0 Å². The van der Waals surface area contributed by atoms with Gasteiger partial charge >= 0.3 is 0 Å². The molecule has 0 aromatic heterocycles. The lowest BCUT2D eigenvalue weighted by Gasteiger charge is -2.42. The molecular formula is C16H23NO4S. The van der Waals surface area contributed by atoms with Gasteiger partial charge in [0.15, 0.2) is 9.84 Å². The summed E-state index contributed by atoms with van der Waals surface area (Å²) in [6.07, 6.45) is -0.000357. The summed E-state index contributed by atoms with van der Waals surface area (Å²) in [6, 6.07) is 6.71. The number of sulfone groups is 1. The summed E-state index contributed by atoms with van der Waals surface area (Å²) >= 11 is 0. The summed E-state index contributed by atoms with van der Waals surface area (Å²) < 4.78 is 30.0. The zero-order valence-corrected chi connectivity index (χ0v) is 14.1. The molecule has 0 bridgehead atoms. The standard InChI is InChI=1S/C16H23NO4S/c1-13-4-6-14(7-5-13)22(19,20)11-8-15(18)17-9-10-21-12-16(17,2)3/h4-7H,8-12H2,1-3H3. The van der Waals surface area contributed by atoms with Crippen LogP contribution in [-0.4, -0.2) is 50.3 Å². The van der Waals surface area contributed by atoms with Crippen LogP contribution in [-0.2, 0) is 19.4 Å². The highest BCUT2D eigenvalue weighted by molar-refractivity contribution is 7.91. The number of amides is 1. The average molecular weight is 325 g/mol. The molecule has 1 amide bonds. The fraction of sp³-hybridized carbons (Fsp3) is 0.562. The highest BCUT2D eigenvalue weighted by Crippen LogP contribution is 2.21. The van der Waals surface area contributed by atoms with Gasteiger partial charge in [-0.15, -0.1) is 0 Å². The van der Waals surface area contributed by atoms with Gasteiger partial charge in [0.2, 0.25) is 5.91 Å². The summed E-state index contributed by atoms with van der Waals surface area (Å²) in [4.78, 5) is 14.3. The zero-order valence-electron chi connectivity index (χ0n) is 13.3. The predicted molar refractivity (Wildman–Crippen MR) is 84.5 cm³/mol. The zero-order chi connectivity index (χ0) is 16.4. The summed E-state index contributed by atoms with van der Waals surface area (Å²) in [5, 5.41) is 0. The van der Waals surface area contributed by atoms with Gasteiger partial charge in [-0.1, -0.05) is 17.7 Å². The highest BCUT2D eigenvalue weighted by atomic mass is 32.2. The molecule has 5 nitrogen and oxygen atoms in total. The Labute approximate surface area is 132 Å². The van der Waals surface area contributed by atoms with Crippen molar-refractivity contribution in [1.29, 1.82) is 0 Å². The second-order valence-corrected chi connectivity index (χ2v) is 8.40. The van der Waals surface area contributed by atoms with Crippen molar-refractivity contribution in [3.8, 4) is 0 Å². The van der Waals surface area contributed by atoms with E-state index in [0.717, 1.165) is 5.56 Å². The van der Waals surface area contributed by atoms with Gasteiger partial charge in [0.1, 0.15) is 0 Å². The molecule has 2 rings (SSSR count). The van der Waals surface area contributed by atoms with Crippen LogP contribution in [0.5, 0.6) is 0 Å². The van der Waals surface area contributed by atoms with Crippen molar-refractivity contribution in [2.45, 2.75) is 37.6 Å². The Morgan fingerprint density at radius 2 is 1.91 bits per heavy atom. The van der Waals surface area contributed by atoms with Gasteiger partial charge < -0.3 is 9.64 Å². The first-order chi connectivity index (χ1) is 10.2. The van der Waals surface area contributed by atoms with Crippen LogP contribution in [0.15, 0.2) is 29.2 Å². The largest absolute Gasteiger partial charge is 0.377 e. The van der Waals surface area contributed by atoms with Crippen molar-refractivity contribution < 1.29 is 17.9 Å². The molecule has 0 spiro atoms. The van der Waals surface area contributed by atoms with E-state index in [4.69, 9.17) is 4.74 Å². The Balaban J connectivity index is 2.02. The first-order valence-corrected chi connectivity index (χ1v) is 9.05. The highest BCUT2D eigenvalue weighted by Gasteiger charge is 2.34. The molecule has 1 aromatic carbocycles. The molecule has 0 atom stereocenters. The third-order valence-corrected chi connectivity index (χ3v) is 5.64. The smallest absolute Gasteiger partial charge is 0.224 e. The summed E-state index contributed by atoms with van der Waals surface area (Å²) in [5.74, 6) is -0.300. The summed E-state index contributed by atoms with van der Waals surface area (Å²) in [5.41, 5.74) is 0.619. The molecular weight excluding hydrogens is 302 g/mol. The number of aryl methyl sites for hydroxylation is 1. The van der Waals surface area contributed by atoms with Gasteiger partial charge in [-0.05, 0) is 32.9 Å². The monoisotopic (exact) mass is 325 g/mol. The molecule has 0 radical (unpaired) electrons. The van der Waals surface area contributed by atoms with Gasteiger partial charge in [0, 0.05) is 13.0 Å². The molecule has 1 aliphatic heterocycles. The van der Waals surface area contributed by atoms with Gasteiger partial charge in [-0.2, -0.15) is 0 Å². The number of rotatable bonds is 4. The average Bonchev–Trinajstić information content (AvgIpc) is 2.45. The van der Waals surface area contributed by atoms with Gasteiger partial charge in [-0.3, -0.25) is 4.79 Å². The van der Waals surface area contributed by atoms with Gasteiger partial charge in [-0.25, -0.2) is 8.42 Å². The quantitative estimate of drug-likeness (QED) is 0.847. The molecule has 1 aliphatic rings. The van der Waals surface area contributed by atoms with Crippen molar-refractivity contribution in [3.05, 3.63) is 29.8 Å². The van der Waals surface area contributed by atoms with E-state index in [0.29, 0.717) is 19.8 Å². The number of nitrogens with zero attached hydrogens (tertiary/aromatic N) is 1. The Kier molecular flexibility index (Phi) is 4.92. The summed E-state index contributed by atoms with van der Waals surface area (Å²) in [6.45, 7) is 7.25. The van der Waals surface area contributed by atoms with Crippen LogP contribution < -0.4 is 0 Å². The van der Waals surface area contributed by atoms with E-state index in [9.17, 15) is 13.2 Å². The van der Waals surface area contributed by atoms with Crippen LogP contribution in [0.2, 0.25) is 0 Å². The number of hydrogen-bond donors (Lipinski definition) is 0. The minimum Gasteiger partial charge on any atom is -0.377 e. The molecule has 1 saturated heterocycles. The maximum absolute atomic E-state index is 12.4. The minimum atomic E-state index is -3.43. The molecule has 0 aliphatic carbocycles. The number of carbonyl (C=O) groups excluding carboxylic acids is 1. The first-order valence-electron chi connectivity index (χ1n) is 7.40. The summed E-state index contributed by atoms with van der Waals surface area (Å²) in [7, 11) is -3.43. The number of benzene rings is 1. The Hall–Kier alpha value is -1.40. The van der Waals surface area contributed by atoms with Crippen molar-refractivity contribution in [3.63, 3.8) is 0 Å². The van der Waals surface area contributed by atoms with Crippen molar-refractivity contribution in [1.82, 2.24) is 4.90 Å². The fourth-order valence-electron chi connectivity index (χ4n) is 2.54. The van der Waals surface area contributed by atoms with Crippen LogP contribution in [0.25, 0.3) is 0 Å². The lowest BCUT2D eigenvalue weighted by Crippen LogP contribution is -2.55. The number of carbonyl (C=O) groups is 1. The third-order valence-electron chi connectivity index (χ3n) is 3.91. The van der Waals surface area contributed by atoms with Crippen molar-refractivity contribution >= 4 is 15.7 Å². The maximum Gasteiger partial charge on any atom is 0.224 e. The molecule has 1 heterocycles. The molecule has 22 heavy (non-hydrogen) atoms. The molecule has 0 saturated carbocycles. The van der Waals surface area contributed by atoms with E-state index >= 15 is 0 Å². The van der Waals surface area contributed by atoms with Crippen LogP contribution in [0.1, 0.15) is 25.8 Å². The maximum atomic E-state index is 12.4. The normalized spacial score (nSPS) is 18.2. The van der Waals surface area contributed by atoms with Crippen LogP contribution in [0, 0.1) is 6.92 Å². The van der Waals surface area contributed by atoms with Crippen LogP contribution in [0.4, 0.5) is 0 Å². The second kappa shape index (κ2) is 6.38. The molecule has 1 aromatic rings. The van der Waals surface area contributed by atoms with E-state index in [-0.39, 0.29) is 28.5 Å². The van der Waals surface area contributed by atoms with E-state index in [1.165, 1.54) is 0 Å². The number of hydrogen-bond acceptors (Lipinski definition) is 4. The van der Waals surface area contributed by atoms with Gasteiger partial charge in [0.05, 0.1) is 29.4 Å². The number of ether oxygens (including phenoxy) is 1. The first kappa shape index (κ1) is 17.0. The lowest BCUT2D eigenvalue weighted by molar-refractivity contribution is -0.145. The van der Waals surface area contributed by atoms with Crippen molar-refractivity contribution in [2.24, 2.45) is 0 Å². The SMILES string of the molecule is Cc1ccc(S(=O)(=O)CCC(=O)N2CCOCC2(C)C)cc1. The van der Waals surface area contributed by atoms with E-state index < -0.39 is 9.84 Å². The second-order valence-electron chi connectivity index (χ2n) is 6.29. The third kappa shape index (κ3) is 3.87. The molecule has 1 fully saturated rings. The minimum absolute atomic E-state index is 0.000357. The van der Waals surface area contributed by atoms with Crippen LogP contribution in [0.3, 0.4) is 0 Å². The topological polar surface area (TPSA) is 63.7 Å². The lowest BCUT2D eigenvalue weighted by atomic mass is 10.0. The molecule has 0 N–H and O–H groups in total. The Morgan fingerprint density at radius 1 is 1.27 bits per heavy atom. The molecule has 6 heteroatoms. The Morgan fingerprint density at radius 3 is 2.50 bits per heavy atom. The fourth-order valence-corrected chi connectivity index (χ4v) is 3.77.